The molecule has 0 aliphatic heterocycles. The van der Waals surface area contributed by atoms with Crippen LogP contribution in [0.15, 0.2) is 46.9 Å². The standard InChI is InChI=1S/C14H12BrF2N/c1-9(14-11(16)6-4-7-12(14)17)18-13-8-3-2-5-10(13)15/h2-9,18H,1H3. The third-order valence-electron chi connectivity index (χ3n) is 2.68. The van der Waals surface area contributed by atoms with E-state index in [1.807, 2.05) is 24.3 Å². The number of anilines is 1. The van der Waals surface area contributed by atoms with Crippen LogP contribution < -0.4 is 5.32 Å². The summed E-state index contributed by atoms with van der Waals surface area (Å²) in [4.78, 5) is 0. The van der Waals surface area contributed by atoms with Gasteiger partial charge in [0.05, 0.1) is 6.04 Å². The summed E-state index contributed by atoms with van der Waals surface area (Å²) in [6.07, 6.45) is 0. The maximum atomic E-state index is 13.6. The summed E-state index contributed by atoms with van der Waals surface area (Å²) in [7, 11) is 0. The molecule has 1 N–H and O–H groups in total. The molecule has 4 heteroatoms. The molecule has 2 aromatic carbocycles. The average molecular weight is 312 g/mol. The van der Waals surface area contributed by atoms with Gasteiger partial charge in [-0.25, -0.2) is 8.78 Å². The summed E-state index contributed by atoms with van der Waals surface area (Å²) in [5.74, 6) is -1.08. The van der Waals surface area contributed by atoms with Gasteiger partial charge in [-0.2, -0.15) is 0 Å². The molecule has 1 nitrogen and oxygen atoms in total. The second-order valence-electron chi connectivity index (χ2n) is 3.98. The summed E-state index contributed by atoms with van der Waals surface area (Å²) in [6.45, 7) is 1.72. The first-order valence-electron chi connectivity index (χ1n) is 5.54. The van der Waals surface area contributed by atoms with Gasteiger partial charge >= 0.3 is 0 Å². The van der Waals surface area contributed by atoms with E-state index in [0.29, 0.717) is 0 Å². The summed E-state index contributed by atoms with van der Waals surface area (Å²) < 4.78 is 28.1. The first-order valence-corrected chi connectivity index (χ1v) is 6.34. The lowest BCUT2D eigenvalue weighted by atomic mass is 10.1. The van der Waals surface area contributed by atoms with Gasteiger partial charge in [0.15, 0.2) is 0 Å². The Morgan fingerprint density at radius 1 is 1.00 bits per heavy atom. The van der Waals surface area contributed by atoms with Gasteiger partial charge in [0, 0.05) is 15.7 Å². The number of hydrogen-bond acceptors (Lipinski definition) is 1. The number of hydrogen-bond donors (Lipinski definition) is 1. The molecule has 0 spiro atoms. The lowest BCUT2D eigenvalue weighted by Gasteiger charge is -2.18. The zero-order valence-corrected chi connectivity index (χ0v) is 11.3. The lowest BCUT2D eigenvalue weighted by Crippen LogP contribution is -2.11. The van der Waals surface area contributed by atoms with E-state index in [4.69, 9.17) is 0 Å². The average Bonchev–Trinajstić information content (AvgIpc) is 2.32. The Balaban J connectivity index is 2.28. The molecule has 18 heavy (non-hydrogen) atoms. The molecule has 0 amide bonds. The van der Waals surface area contributed by atoms with E-state index >= 15 is 0 Å². The molecule has 0 heterocycles. The fraction of sp³-hybridized carbons (Fsp3) is 0.143. The van der Waals surface area contributed by atoms with Crippen molar-refractivity contribution < 1.29 is 8.78 Å². The van der Waals surface area contributed by atoms with E-state index < -0.39 is 17.7 Å². The van der Waals surface area contributed by atoms with Gasteiger partial charge < -0.3 is 5.32 Å². The molecular formula is C14H12BrF2N. The highest BCUT2D eigenvalue weighted by molar-refractivity contribution is 9.10. The molecule has 0 radical (unpaired) electrons. The lowest BCUT2D eigenvalue weighted by molar-refractivity contribution is 0.544. The minimum absolute atomic E-state index is 0.0493. The third-order valence-corrected chi connectivity index (χ3v) is 3.37. The molecule has 1 unspecified atom stereocenters. The minimum Gasteiger partial charge on any atom is -0.377 e. The number of halogens is 3. The van der Waals surface area contributed by atoms with E-state index in [9.17, 15) is 8.78 Å². The quantitative estimate of drug-likeness (QED) is 0.850. The summed E-state index contributed by atoms with van der Waals surface area (Å²) in [5.41, 5.74) is 0.848. The third kappa shape index (κ3) is 2.70. The van der Waals surface area contributed by atoms with Crippen LogP contribution in [0.2, 0.25) is 0 Å². The van der Waals surface area contributed by atoms with Crippen molar-refractivity contribution in [2.24, 2.45) is 0 Å². The van der Waals surface area contributed by atoms with Crippen LogP contribution in [-0.4, -0.2) is 0 Å². The van der Waals surface area contributed by atoms with Crippen molar-refractivity contribution in [3.63, 3.8) is 0 Å². The first-order chi connectivity index (χ1) is 8.59. The van der Waals surface area contributed by atoms with Gasteiger partial charge in [0.1, 0.15) is 11.6 Å². The van der Waals surface area contributed by atoms with Gasteiger partial charge in [-0.1, -0.05) is 18.2 Å². The molecule has 1 atom stereocenters. The molecule has 0 saturated carbocycles. The predicted octanol–water partition coefficient (Wildman–Crippen LogP) is 4.90. The van der Waals surface area contributed by atoms with Crippen LogP contribution in [0.4, 0.5) is 14.5 Å². The molecule has 0 saturated heterocycles. The van der Waals surface area contributed by atoms with Gasteiger partial charge in [-0.15, -0.1) is 0 Å². The van der Waals surface area contributed by atoms with Crippen molar-refractivity contribution in [3.05, 3.63) is 64.1 Å². The van der Waals surface area contributed by atoms with Crippen LogP contribution in [0.3, 0.4) is 0 Å². The smallest absolute Gasteiger partial charge is 0.131 e. The highest BCUT2D eigenvalue weighted by Crippen LogP contribution is 2.28. The van der Waals surface area contributed by atoms with Crippen LogP contribution in [0.25, 0.3) is 0 Å². The van der Waals surface area contributed by atoms with E-state index in [-0.39, 0.29) is 5.56 Å². The van der Waals surface area contributed by atoms with E-state index in [1.54, 1.807) is 6.92 Å². The number of benzene rings is 2. The number of para-hydroxylation sites is 1. The van der Waals surface area contributed by atoms with Crippen LogP contribution in [0.5, 0.6) is 0 Å². The Morgan fingerprint density at radius 2 is 1.61 bits per heavy atom. The first kappa shape index (κ1) is 13.0. The SMILES string of the molecule is CC(Nc1ccccc1Br)c1c(F)cccc1F. The van der Waals surface area contributed by atoms with Crippen LogP contribution >= 0.6 is 15.9 Å². The Morgan fingerprint density at radius 3 is 2.22 bits per heavy atom. The molecule has 0 aliphatic rings. The van der Waals surface area contributed by atoms with Crippen molar-refractivity contribution in [1.29, 1.82) is 0 Å². The molecule has 94 valence electrons. The van der Waals surface area contributed by atoms with Crippen LogP contribution in [-0.2, 0) is 0 Å². The van der Waals surface area contributed by atoms with Gasteiger partial charge in [0.25, 0.3) is 0 Å². The van der Waals surface area contributed by atoms with Gasteiger partial charge in [0.2, 0.25) is 0 Å². The largest absolute Gasteiger partial charge is 0.377 e. The topological polar surface area (TPSA) is 12.0 Å². The summed E-state index contributed by atoms with van der Waals surface area (Å²) in [6, 6.07) is 10.9. The maximum Gasteiger partial charge on any atom is 0.131 e. The zero-order chi connectivity index (χ0) is 13.1. The Bertz CT molecular complexity index is 537. The van der Waals surface area contributed by atoms with Crippen molar-refractivity contribution in [2.45, 2.75) is 13.0 Å². The van der Waals surface area contributed by atoms with E-state index in [0.717, 1.165) is 10.2 Å². The summed E-state index contributed by atoms with van der Waals surface area (Å²) >= 11 is 3.38. The van der Waals surface area contributed by atoms with E-state index in [2.05, 4.69) is 21.2 Å². The monoisotopic (exact) mass is 311 g/mol. The van der Waals surface area contributed by atoms with Crippen molar-refractivity contribution in [1.82, 2.24) is 0 Å². The van der Waals surface area contributed by atoms with Gasteiger partial charge in [-0.3, -0.25) is 0 Å². The predicted molar refractivity (Wildman–Crippen MR) is 72.5 cm³/mol. The Labute approximate surface area is 113 Å². The second-order valence-corrected chi connectivity index (χ2v) is 4.84. The number of nitrogens with one attached hydrogen (secondary N) is 1. The highest BCUT2D eigenvalue weighted by Gasteiger charge is 2.16. The molecule has 2 rings (SSSR count). The highest BCUT2D eigenvalue weighted by atomic mass is 79.9. The molecule has 0 bridgehead atoms. The molecule has 0 aromatic heterocycles. The molecule has 0 aliphatic carbocycles. The zero-order valence-electron chi connectivity index (χ0n) is 9.75. The fourth-order valence-electron chi connectivity index (χ4n) is 1.81. The molecule has 0 fully saturated rings. The van der Waals surface area contributed by atoms with Crippen molar-refractivity contribution in [2.75, 3.05) is 5.32 Å². The van der Waals surface area contributed by atoms with Crippen LogP contribution in [0.1, 0.15) is 18.5 Å². The van der Waals surface area contributed by atoms with Crippen LogP contribution in [0, 0.1) is 11.6 Å². The van der Waals surface area contributed by atoms with E-state index in [1.165, 1.54) is 18.2 Å². The fourth-order valence-corrected chi connectivity index (χ4v) is 2.21. The second kappa shape index (κ2) is 5.48. The number of rotatable bonds is 3. The Hall–Kier alpha value is -1.42. The van der Waals surface area contributed by atoms with Crippen molar-refractivity contribution in [3.8, 4) is 0 Å². The normalized spacial score (nSPS) is 12.2. The molecular weight excluding hydrogens is 300 g/mol. The minimum atomic E-state index is -0.540. The van der Waals surface area contributed by atoms with Gasteiger partial charge in [-0.05, 0) is 47.1 Å². The molecule has 2 aromatic rings. The maximum absolute atomic E-state index is 13.6. The van der Waals surface area contributed by atoms with Crippen molar-refractivity contribution >= 4 is 21.6 Å². The Kier molecular flexibility index (Phi) is 3.97. The summed E-state index contributed by atoms with van der Waals surface area (Å²) in [5, 5.41) is 3.08.